The number of hydrogen-bond acceptors (Lipinski definition) is 1. The molecule has 1 aromatic carbocycles. The second-order valence-electron chi connectivity index (χ2n) is 2.10. The van der Waals surface area contributed by atoms with Crippen molar-refractivity contribution < 1.29 is 1.37 Å². The number of hydrogen-bond donors (Lipinski definition) is 0. The molecule has 0 bridgehead atoms. The summed E-state index contributed by atoms with van der Waals surface area (Å²) in [4.78, 5) is 0. The van der Waals surface area contributed by atoms with Gasteiger partial charge in [-0.15, -0.1) is 0 Å². The van der Waals surface area contributed by atoms with E-state index < -0.39 is 0 Å². The maximum atomic E-state index is 7.35. The number of rotatable bonds is 1. The van der Waals surface area contributed by atoms with Crippen molar-refractivity contribution in [3.8, 4) is 0 Å². The molecular weight excluding hydrogens is 128 g/mol. The van der Waals surface area contributed by atoms with Gasteiger partial charge in [-0.2, -0.15) is 11.8 Å². The van der Waals surface area contributed by atoms with E-state index in [1.165, 1.54) is 5.56 Å². The van der Waals surface area contributed by atoms with Crippen molar-refractivity contribution in [2.75, 3.05) is 5.73 Å². The van der Waals surface area contributed by atoms with Crippen LogP contribution in [0.4, 0.5) is 0 Å². The van der Waals surface area contributed by atoms with Crippen LogP contribution in [-0.4, -0.2) is 5.73 Å². The van der Waals surface area contributed by atoms with Gasteiger partial charge in [-0.3, -0.25) is 0 Å². The van der Waals surface area contributed by atoms with Crippen LogP contribution >= 0.6 is 11.8 Å². The maximum Gasteiger partial charge on any atom is 0.0395 e. The summed E-state index contributed by atoms with van der Waals surface area (Å²) in [5.41, 5.74) is 1.40. The lowest BCUT2D eigenvalue weighted by molar-refractivity contribution is 1.23. The highest BCUT2D eigenvalue weighted by atomic mass is 32.2. The Morgan fingerprint density at radius 2 is 2.11 bits per heavy atom. The Labute approximate surface area is 60.7 Å². The monoisotopic (exact) mass is 137 g/mol. The number of benzene rings is 1. The fraction of sp³-hybridized carbons (Fsp3) is 0.250. The molecule has 1 heterocycles. The summed E-state index contributed by atoms with van der Waals surface area (Å²) in [7, 11) is 0. The van der Waals surface area contributed by atoms with Gasteiger partial charge in [0.1, 0.15) is 0 Å². The van der Waals surface area contributed by atoms with Gasteiger partial charge in [0.05, 0.1) is 0 Å². The maximum absolute atomic E-state index is 7.35. The molecule has 46 valence electrons. The standard InChI is InChI=1S/C8H8S/c1-2-4-7(5-3-1)8-6-9-8/h1-5,8H,6H2/t8-/m1/s1/i6D/t6-,8-. The van der Waals surface area contributed by atoms with E-state index in [1.807, 2.05) is 18.2 Å². The molecule has 0 aromatic heterocycles. The average Bonchev–Trinajstić information content (AvgIpc) is 2.69. The highest BCUT2D eigenvalue weighted by Gasteiger charge is 2.23. The third-order valence-electron chi connectivity index (χ3n) is 1.40. The van der Waals surface area contributed by atoms with Gasteiger partial charge in [-0.25, -0.2) is 0 Å². The van der Waals surface area contributed by atoms with E-state index in [9.17, 15) is 0 Å². The van der Waals surface area contributed by atoms with Crippen LogP contribution in [0.25, 0.3) is 0 Å². The molecule has 2 rings (SSSR count). The van der Waals surface area contributed by atoms with E-state index in [1.54, 1.807) is 11.8 Å². The third-order valence-corrected chi connectivity index (χ3v) is 2.22. The van der Waals surface area contributed by atoms with Crippen molar-refractivity contribution in [3.63, 3.8) is 0 Å². The lowest BCUT2D eigenvalue weighted by Crippen LogP contribution is -1.74. The van der Waals surface area contributed by atoms with Crippen molar-refractivity contribution in [1.29, 1.82) is 0 Å². The van der Waals surface area contributed by atoms with Gasteiger partial charge >= 0.3 is 0 Å². The Morgan fingerprint density at radius 1 is 1.44 bits per heavy atom. The van der Waals surface area contributed by atoms with Gasteiger partial charge in [-0.1, -0.05) is 30.3 Å². The minimum atomic E-state index is 0.0994. The fourth-order valence-corrected chi connectivity index (χ4v) is 1.39. The van der Waals surface area contributed by atoms with Crippen LogP contribution in [0.3, 0.4) is 0 Å². The predicted molar refractivity (Wildman–Crippen MR) is 41.6 cm³/mol. The first-order valence-electron chi connectivity index (χ1n) is 3.58. The first kappa shape index (κ1) is 4.40. The highest BCUT2D eigenvalue weighted by Crippen LogP contribution is 2.45. The minimum absolute atomic E-state index is 0.0994. The molecule has 1 aliphatic heterocycles. The zero-order chi connectivity index (χ0) is 6.97. The van der Waals surface area contributed by atoms with E-state index in [2.05, 4.69) is 12.1 Å². The highest BCUT2D eigenvalue weighted by molar-refractivity contribution is 8.06. The van der Waals surface area contributed by atoms with Crippen LogP contribution in [-0.2, 0) is 0 Å². The van der Waals surface area contributed by atoms with Gasteiger partial charge in [0.25, 0.3) is 0 Å². The lowest BCUT2D eigenvalue weighted by Gasteiger charge is -1.90. The van der Waals surface area contributed by atoms with Crippen molar-refractivity contribution in [1.82, 2.24) is 0 Å². The SMILES string of the molecule is [2H][C@H]1S[C@H]1c1ccccc1. The van der Waals surface area contributed by atoms with E-state index in [-0.39, 0.29) is 5.73 Å². The molecule has 0 N–H and O–H groups in total. The van der Waals surface area contributed by atoms with Crippen LogP contribution < -0.4 is 0 Å². The smallest absolute Gasteiger partial charge is 0.0395 e. The van der Waals surface area contributed by atoms with E-state index >= 15 is 0 Å². The van der Waals surface area contributed by atoms with Crippen LogP contribution in [0.5, 0.6) is 0 Å². The molecule has 1 saturated heterocycles. The summed E-state index contributed by atoms with van der Waals surface area (Å²) in [5.74, 6) is 0. The van der Waals surface area contributed by atoms with Gasteiger partial charge in [-0.05, 0) is 5.56 Å². The average molecular weight is 137 g/mol. The molecule has 0 amide bonds. The Balaban J connectivity index is 2.20. The largest absolute Gasteiger partial charge is 0.151 e. The minimum Gasteiger partial charge on any atom is -0.151 e. The molecule has 1 aliphatic rings. The molecule has 0 nitrogen and oxygen atoms in total. The summed E-state index contributed by atoms with van der Waals surface area (Å²) in [6.07, 6.45) is 0. The van der Waals surface area contributed by atoms with Gasteiger partial charge in [0.15, 0.2) is 0 Å². The zero-order valence-electron chi connectivity index (χ0n) is 5.95. The summed E-state index contributed by atoms with van der Waals surface area (Å²) >= 11 is 1.71. The molecule has 0 radical (unpaired) electrons. The van der Waals surface area contributed by atoms with Crippen LogP contribution in [0.2, 0.25) is 0 Å². The summed E-state index contributed by atoms with van der Waals surface area (Å²) in [6.45, 7) is 0. The molecule has 2 atom stereocenters. The second-order valence-corrected chi connectivity index (χ2v) is 3.16. The van der Waals surface area contributed by atoms with Crippen LogP contribution in [0.1, 0.15) is 12.2 Å². The Bertz CT molecular complexity index is 222. The normalized spacial score (nSPS) is 33.6. The molecule has 0 aliphatic carbocycles. The van der Waals surface area contributed by atoms with E-state index in [0.717, 1.165) is 0 Å². The van der Waals surface area contributed by atoms with E-state index in [4.69, 9.17) is 1.37 Å². The van der Waals surface area contributed by atoms with Crippen LogP contribution in [0.15, 0.2) is 30.3 Å². The molecule has 9 heavy (non-hydrogen) atoms. The Hall–Kier alpha value is -0.430. The molecule has 0 unspecified atom stereocenters. The van der Waals surface area contributed by atoms with E-state index in [0.29, 0.717) is 5.25 Å². The molecule has 1 aromatic rings. The zero-order valence-corrected chi connectivity index (χ0v) is 5.77. The molecule has 1 heteroatoms. The molecule has 1 fully saturated rings. The first-order valence-corrected chi connectivity index (χ1v) is 3.95. The first-order chi connectivity index (χ1) is 4.88. The topological polar surface area (TPSA) is 0 Å². The summed E-state index contributed by atoms with van der Waals surface area (Å²) in [5, 5.41) is 0.459. The van der Waals surface area contributed by atoms with Gasteiger partial charge in [0, 0.05) is 12.3 Å². The summed E-state index contributed by atoms with van der Waals surface area (Å²) < 4.78 is 7.35. The van der Waals surface area contributed by atoms with Gasteiger partial charge < -0.3 is 0 Å². The molecule has 0 saturated carbocycles. The third kappa shape index (κ3) is 1.11. The van der Waals surface area contributed by atoms with Crippen molar-refractivity contribution in [2.45, 2.75) is 5.25 Å². The lowest BCUT2D eigenvalue weighted by atomic mass is 10.2. The Morgan fingerprint density at radius 3 is 2.67 bits per heavy atom. The fourth-order valence-electron chi connectivity index (χ4n) is 0.839. The summed E-state index contributed by atoms with van der Waals surface area (Å²) in [6, 6.07) is 10.2. The Kier molecular flexibility index (Phi) is 1.01. The van der Waals surface area contributed by atoms with Crippen molar-refractivity contribution in [3.05, 3.63) is 35.9 Å². The number of thioether (sulfide) groups is 1. The van der Waals surface area contributed by atoms with Crippen molar-refractivity contribution >= 4 is 11.8 Å². The van der Waals surface area contributed by atoms with Crippen molar-refractivity contribution in [2.24, 2.45) is 0 Å². The molecule has 0 spiro atoms. The quantitative estimate of drug-likeness (QED) is 0.536. The molecular formula is C8H8S. The second kappa shape index (κ2) is 2.07. The van der Waals surface area contributed by atoms with Gasteiger partial charge in [0.2, 0.25) is 0 Å². The predicted octanol–water partition coefficient (Wildman–Crippen LogP) is 2.47. The van der Waals surface area contributed by atoms with Crippen LogP contribution in [0, 0.1) is 0 Å².